The van der Waals surface area contributed by atoms with E-state index in [1.54, 1.807) is 6.92 Å². The van der Waals surface area contributed by atoms with Crippen LogP contribution < -0.4 is 0 Å². The van der Waals surface area contributed by atoms with E-state index < -0.39 is 6.09 Å². The van der Waals surface area contributed by atoms with Crippen LogP contribution in [0, 0.1) is 0 Å². The topological polar surface area (TPSA) is 49.8 Å². The number of carbonyl (C=O) groups is 1. The van der Waals surface area contributed by atoms with Gasteiger partial charge in [-0.15, -0.1) is 11.6 Å². The molecule has 0 saturated carbocycles. The third-order valence-corrected chi connectivity index (χ3v) is 2.23. The minimum Gasteiger partial charge on any atom is -0.465 e. The van der Waals surface area contributed by atoms with Crippen molar-refractivity contribution in [2.24, 2.45) is 0 Å². The first-order chi connectivity index (χ1) is 5.63. The minimum absolute atomic E-state index is 0.207. The Morgan fingerprint density at radius 2 is 2.50 bits per heavy atom. The van der Waals surface area contributed by atoms with Gasteiger partial charge in [-0.3, -0.25) is 4.90 Å². The van der Waals surface area contributed by atoms with Gasteiger partial charge in [0, 0.05) is 6.54 Å². The molecular weight excluding hydrogens is 182 g/mol. The molecule has 1 rings (SSSR count). The number of halogens is 1. The van der Waals surface area contributed by atoms with Crippen molar-refractivity contribution in [2.75, 3.05) is 19.8 Å². The molecular formula is C7H12ClNO3. The lowest BCUT2D eigenvalue weighted by Gasteiger charge is -2.34. The van der Waals surface area contributed by atoms with Gasteiger partial charge in [0.2, 0.25) is 0 Å². The fourth-order valence-corrected chi connectivity index (χ4v) is 1.45. The van der Waals surface area contributed by atoms with Gasteiger partial charge in [-0.05, 0) is 6.92 Å². The second-order valence-electron chi connectivity index (χ2n) is 2.80. The van der Waals surface area contributed by atoms with E-state index in [1.165, 1.54) is 4.90 Å². The van der Waals surface area contributed by atoms with Crippen LogP contribution in [-0.4, -0.2) is 47.3 Å². The predicted molar refractivity (Wildman–Crippen MR) is 44.7 cm³/mol. The molecule has 4 nitrogen and oxygen atoms in total. The summed E-state index contributed by atoms with van der Waals surface area (Å²) >= 11 is 5.81. The van der Waals surface area contributed by atoms with Crippen molar-refractivity contribution in [2.45, 2.75) is 18.3 Å². The van der Waals surface area contributed by atoms with E-state index in [9.17, 15) is 4.79 Å². The molecule has 1 saturated heterocycles. The van der Waals surface area contributed by atoms with Crippen molar-refractivity contribution in [1.29, 1.82) is 0 Å². The fourth-order valence-electron chi connectivity index (χ4n) is 1.24. The molecule has 0 spiro atoms. The van der Waals surface area contributed by atoms with Crippen molar-refractivity contribution < 1.29 is 14.6 Å². The van der Waals surface area contributed by atoms with Crippen molar-refractivity contribution in [3.8, 4) is 0 Å². The fraction of sp³-hybridized carbons (Fsp3) is 0.857. The largest absolute Gasteiger partial charge is 0.465 e. The number of carboxylic acid groups (broad SMARTS) is 1. The van der Waals surface area contributed by atoms with Gasteiger partial charge in [0.05, 0.1) is 24.6 Å². The van der Waals surface area contributed by atoms with E-state index in [0.717, 1.165) is 0 Å². The van der Waals surface area contributed by atoms with Crippen LogP contribution >= 0.6 is 11.6 Å². The van der Waals surface area contributed by atoms with Crippen LogP contribution in [0.15, 0.2) is 0 Å². The van der Waals surface area contributed by atoms with Crippen LogP contribution in [0.25, 0.3) is 0 Å². The van der Waals surface area contributed by atoms with E-state index in [2.05, 4.69) is 0 Å². The van der Waals surface area contributed by atoms with Gasteiger partial charge in [-0.25, -0.2) is 4.79 Å². The molecule has 0 aromatic carbocycles. The third kappa shape index (κ3) is 2.01. The van der Waals surface area contributed by atoms with Crippen molar-refractivity contribution >= 4 is 17.7 Å². The molecule has 1 N–H and O–H groups in total. The molecule has 0 bridgehead atoms. The normalized spacial score (nSPS) is 26.8. The Balaban J connectivity index is 2.60. The molecule has 2 atom stereocenters. The van der Waals surface area contributed by atoms with Crippen LogP contribution in [0.3, 0.4) is 0 Å². The molecule has 12 heavy (non-hydrogen) atoms. The summed E-state index contributed by atoms with van der Waals surface area (Å²) in [6.07, 6.45) is -0.921. The number of amides is 1. The summed E-state index contributed by atoms with van der Waals surface area (Å²) in [5, 5.41) is 8.56. The lowest BCUT2D eigenvalue weighted by Crippen LogP contribution is -2.51. The highest BCUT2D eigenvalue weighted by atomic mass is 35.5. The van der Waals surface area contributed by atoms with Gasteiger partial charge in [-0.1, -0.05) is 0 Å². The average molecular weight is 194 g/mol. The number of morpholine rings is 1. The molecule has 2 unspecified atom stereocenters. The average Bonchev–Trinajstić information content (AvgIpc) is 2.04. The maximum Gasteiger partial charge on any atom is 0.407 e. The molecule has 0 radical (unpaired) electrons. The zero-order valence-corrected chi connectivity index (χ0v) is 7.62. The van der Waals surface area contributed by atoms with Crippen LogP contribution in [0.4, 0.5) is 4.79 Å². The van der Waals surface area contributed by atoms with Crippen LogP contribution in [0.5, 0.6) is 0 Å². The Bertz CT molecular complexity index is 174. The number of ether oxygens (including phenoxy) is 1. The summed E-state index contributed by atoms with van der Waals surface area (Å²) in [5.41, 5.74) is 0. The monoisotopic (exact) mass is 193 g/mol. The lowest BCUT2D eigenvalue weighted by molar-refractivity contribution is 0.000200. The van der Waals surface area contributed by atoms with Gasteiger partial charge >= 0.3 is 6.09 Å². The lowest BCUT2D eigenvalue weighted by atomic mass is 10.2. The standard InChI is InChI=1S/C7H12ClNO3/c1-5(8)6-4-12-3-2-9(6)7(10)11/h5-6H,2-4H2,1H3,(H,10,11). The summed E-state index contributed by atoms with van der Waals surface area (Å²) in [5.74, 6) is 0. The summed E-state index contributed by atoms with van der Waals surface area (Å²) in [6, 6.07) is -0.210. The molecule has 0 aliphatic carbocycles. The van der Waals surface area contributed by atoms with E-state index in [-0.39, 0.29) is 11.4 Å². The van der Waals surface area contributed by atoms with Crippen LogP contribution in [0.2, 0.25) is 0 Å². The smallest absolute Gasteiger partial charge is 0.407 e. The van der Waals surface area contributed by atoms with Crippen molar-refractivity contribution in [3.63, 3.8) is 0 Å². The SMILES string of the molecule is CC(Cl)C1COCCN1C(=O)O. The molecule has 0 aromatic rings. The second-order valence-corrected chi connectivity index (χ2v) is 3.48. The number of alkyl halides is 1. The van der Waals surface area contributed by atoms with E-state index >= 15 is 0 Å². The number of hydrogen-bond acceptors (Lipinski definition) is 2. The van der Waals surface area contributed by atoms with Crippen LogP contribution in [-0.2, 0) is 4.74 Å². The number of rotatable bonds is 1. The van der Waals surface area contributed by atoms with Crippen LogP contribution in [0.1, 0.15) is 6.92 Å². The summed E-state index contributed by atoms with van der Waals surface area (Å²) in [7, 11) is 0. The Kier molecular flexibility index (Phi) is 3.17. The molecule has 0 aromatic heterocycles. The highest BCUT2D eigenvalue weighted by Crippen LogP contribution is 2.14. The molecule has 70 valence electrons. The molecule has 1 aliphatic rings. The minimum atomic E-state index is -0.921. The van der Waals surface area contributed by atoms with Gasteiger partial charge in [0.1, 0.15) is 0 Å². The zero-order chi connectivity index (χ0) is 9.14. The molecule has 1 aliphatic heterocycles. The maximum atomic E-state index is 10.7. The Hall–Kier alpha value is -0.480. The van der Waals surface area contributed by atoms with E-state index in [4.69, 9.17) is 21.4 Å². The first-order valence-electron chi connectivity index (χ1n) is 3.84. The van der Waals surface area contributed by atoms with Gasteiger partial charge in [0.25, 0.3) is 0 Å². The summed E-state index contributed by atoms with van der Waals surface area (Å²) in [4.78, 5) is 12.0. The Morgan fingerprint density at radius 1 is 1.83 bits per heavy atom. The zero-order valence-electron chi connectivity index (χ0n) is 6.86. The Morgan fingerprint density at radius 3 is 2.92 bits per heavy atom. The Labute approximate surface area is 76.1 Å². The third-order valence-electron chi connectivity index (χ3n) is 1.94. The second kappa shape index (κ2) is 3.96. The molecule has 1 amide bonds. The molecule has 1 fully saturated rings. The highest BCUT2D eigenvalue weighted by Gasteiger charge is 2.30. The van der Waals surface area contributed by atoms with E-state index in [0.29, 0.717) is 19.8 Å². The van der Waals surface area contributed by atoms with Crippen molar-refractivity contribution in [3.05, 3.63) is 0 Å². The first-order valence-corrected chi connectivity index (χ1v) is 4.28. The number of hydrogen-bond donors (Lipinski definition) is 1. The van der Waals surface area contributed by atoms with Gasteiger partial charge < -0.3 is 9.84 Å². The quantitative estimate of drug-likeness (QED) is 0.632. The number of nitrogens with zero attached hydrogens (tertiary/aromatic N) is 1. The molecule has 1 heterocycles. The highest BCUT2D eigenvalue weighted by molar-refractivity contribution is 6.20. The van der Waals surface area contributed by atoms with Gasteiger partial charge in [-0.2, -0.15) is 0 Å². The summed E-state index contributed by atoms with van der Waals surface area (Å²) in [6.45, 7) is 3.05. The molecule has 5 heteroatoms. The maximum absolute atomic E-state index is 10.7. The van der Waals surface area contributed by atoms with Gasteiger partial charge in [0.15, 0.2) is 0 Å². The summed E-state index contributed by atoms with van der Waals surface area (Å²) < 4.78 is 5.13. The van der Waals surface area contributed by atoms with E-state index in [1.807, 2.05) is 0 Å². The predicted octanol–water partition coefficient (Wildman–Crippen LogP) is 0.993. The van der Waals surface area contributed by atoms with Crippen molar-refractivity contribution in [1.82, 2.24) is 4.90 Å². The first kappa shape index (κ1) is 9.61.